The Hall–Kier alpha value is -2.42. The van der Waals surface area contributed by atoms with Crippen LogP contribution in [0, 0.1) is 13.8 Å². The second-order valence-electron chi connectivity index (χ2n) is 7.76. The lowest BCUT2D eigenvalue weighted by molar-refractivity contribution is 0.0420. The molecule has 2 N–H and O–H groups in total. The molecular formula is C24H22O2. The lowest BCUT2D eigenvalue weighted by atomic mass is 9.57. The van der Waals surface area contributed by atoms with E-state index < -0.39 is 11.2 Å². The van der Waals surface area contributed by atoms with Crippen molar-refractivity contribution in [1.29, 1.82) is 0 Å². The average Bonchev–Trinajstić information content (AvgIpc) is 2.63. The zero-order chi connectivity index (χ0) is 18.1. The van der Waals surface area contributed by atoms with Crippen LogP contribution in [0.3, 0.4) is 0 Å². The molecular weight excluding hydrogens is 320 g/mol. The molecule has 0 heterocycles. The van der Waals surface area contributed by atoms with E-state index in [2.05, 4.69) is 13.8 Å². The van der Waals surface area contributed by atoms with E-state index in [0.717, 1.165) is 27.8 Å². The number of fused-ring (bicyclic) bond motifs is 2. The molecule has 2 aliphatic rings. The fourth-order valence-electron chi connectivity index (χ4n) is 5.09. The maximum atomic E-state index is 11.4. The van der Waals surface area contributed by atoms with Crippen molar-refractivity contribution in [2.45, 2.75) is 37.9 Å². The summed E-state index contributed by atoms with van der Waals surface area (Å²) in [6.07, 6.45) is 1.30. The normalized spacial score (nSPS) is 25.7. The second kappa shape index (κ2) is 5.06. The molecule has 2 heteroatoms. The molecule has 5 rings (SSSR count). The van der Waals surface area contributed by atoms with Gasteiger partial charge in [0.25, 0.3) is 0 Å². The van der Waals surface area contributed by atoms with Crippen LogP contribution in [0.1, 0.15) is 44.5 Å². The summed E-state index contributed by atoms with van der Waals surface area (Å²) in [5.74, 6) is 0. The lowest BCUT2D eigenvalue weighted by Crippen LogP contribution is -2.48. The Morgan fingerprint density at radius 2 is 1.00 bits per heavy atom. The molecule has 0 unspecified atom stereocenters. The molecule has 130 valence electrons. The van der Waals surface area contributed by atoms with Crippen molar-refractivity contribution < 1.29 is 10.2 Å². The van der Waals surface area contributed by atoms with E-state index >= 15 is 0 Å². The van der Waals surface area contributed by atoms with Crippen molar-refractivity contribution in [2.24, 2.45) is 0 Å². The highest BCUT2D eigenvalue weighted by atomic mass is 16.3. The van der Waals surface area contributed by atoms with Gasteiger partial charge in [0, 0.05) is 12.8 Å². The van der Waals surface area contributed by atoms with Crippen molar-refractivity contribution >= 4 is 0 Å². The highest BCUT2D eigenvalue weighted by molar-refractivity contribution is 5.68. The minimum atomic E-state index is -0.951. The van der Waals surface area contributed by atoms with Gasteiger partial charge in [-0.1, -0.05) is 60.7 Å². The standard InChI is InChI=1S/C24H22O2/c1-15-19-13-23(25,17-9-5-3-6-10-17)21(19)16(2)22-20(15)14-24(22,26)18-11-7-4-8-12-18/h3-12,25-26H,13-14H2,1-2H3/t23-,24-/m1/s1. The summed E-state index contributed by atoms with van der Waals surface area (Å²) in [6, 6.07) is 19.8. The monoisotopic (exact) mass is 342 g/mol. The first-order valence-electron chi connectivity index (χ1n) is 9.18. The van der Waals surface area contributed by atoms with Crippen LogP contribution in [0.25, 0.3) is 0 Å². The third-order valence-electron chi connectivity index (χ3n) is 6.45. The van der Waals surface area contributed by atoms with Gasteiger partial charge < -0.3 is 10.2 Å². The average molecular weight is 342 g/mol. The molecule has 0 aliphatic heterocycles. The van der Waals surface area contributed by atoms with E-state index in [0.29, 0.717) is 12.8 Å². The molecule has 2 atom stereocenters. The van der Waals surface area contributed by atoms with Crippen LogP contribution in [0.5, 0.6) is 0 Å². The predicted molar refractivity (Wildman–Crippen MR) is 102 cm³/mol. The molecule has 0 aromatic heterocycles. The van der Waals surface area contributed by atoms with Gasteiger partial charge >= 0.3 is 0 Å². The van der Waals surface area contributed by atoms with Gasteiger partial charge in [-0.2, -0.15) is 0 Å². The van der Waals surface area contributed by atoms with Gasteiger partial charge in [0.1, 0.15) is 11.2 Å². The van der Waals surface area contributed by atoms with E-state index in [-0.39, 0.29) is 0 Å². The first kappa shape index (κ1) is 15.8. The summed E-state index contributed by atoms with van der Waals surface area (Å²) in [5, 5.41) is 22.9. The summed E-state index contributed by atoms with van der Waals surface area (Å²) in [5.41, 5.74) is 6.72. The van der Waals surface area contributed by atoms with Crippen LogP contribution in [0.15, 0.2) is 60.7 Å². The largest absolute Gasteiger partial charge is 0.380 e. The van der Waals surface area contributed by atoms with Crippen LogP contribution >= 0.6 is 0 Å². The van der Waals surface area contributed by atoms with E-state index in [1.54, 1.807) is 0 Å². The van der Waals surface area contributed by atoms with Crippen molar-refractivity contribution in [2.75, 3.05) is 0 Å². The maximum Gasteiger partial charge on any atom is 0.119 e. The maximum absolute atomic E-state index is 11.4. The van der Waals surface area contributed by atoms with Crippen molar-refractivity contribution in [3.63, 3.8) is 0 Å². The van der Waals surface area contributed by atoms with Gasteiger partial charge in [0.2, 0.25) is 0 Å². The highest BCUT2D eigenvalue weighted by Crippen LogP contribution is 2.56. The smallest absolute Gasteiger partial charge is 0.119 e. The van der Waals surface area contributed by atoms with Crippen LogP contribution in [-0.4, -0.2) is 10.2 Å². The second-order valence-corrected chi connectivity index (χ2v) is 7.76. The predicted octanol–water partition coefficient (Wildman–Crippen LogP) is 3.89. The van der Waals surface area contributed by atoms with Crippen LogP contribution in [0.4, 0.5) is 0 Å². The first-order chi connectivity index (χ1) is 12.5. The van der Waals surface area contributed by atoms with E-state index in [4.69, 9.17) is 0 Å². The number of hydrogen-bond donors (Lipinski definition) is 2. The van der Waals surface area contributed by atoms with E-state index in [1.807, 2.05) is 60.7 Å². The summed E-state index contributed by atoms with van der Waals surface area (Å²) < 4.78 is 0. The Labute approximate surface area is 153 Å². The molecule has 0 fully saturated rings. The van der Waals surface area contributed by atoms with Crippen LogP contribution in [0.2, 0.25) is 0 Å². The van der Waals surface area contributed by atoms with E-state index in [9.17, 15) is 10.2 Å². The fourth-order valence-corrected chi connectivity index (χ4v) is 5.09. The van der Waals surface area contributed by atoms with Crippen LogP contribution in [-0.2, 0) is 24.0 Å². The number of hydrogen-bond acceptors (Lipinski definition) is 2. The van der Waals surface area contributed by atoms with Crippen LogP contribution < -0.4 is 0 Å². The Morgan fingerprint density at radius 1 is 0.615 bits per heavy atom. The minimum Gasteiger partial charge on any atom is -0.380 e. The van der Waals surface area contributed by atoms with Gasteiger partial charge in [-0.15, -0.1) is 0 Å². The molecule has 2 aliphatic carbocycles. The topological polar surface area (TPSA) is 40.5 Å². The minimum absolute atomic E-state index is 0.649. The third kappa shape index (κ3) is 1.78. The zero-order valence-electron chi connectivity index (χ0n) is 15.1. The van der Waals surface area contributed by atoms with E-state index in [1.165, 1.54) is 16.7 Å². The van der Waals surface area contributed by atoms with Crippen molar-refractivity contribution in [3.05, 3.63) is 105 Å². The summed E-state index contributed by atoms with van der Waals surface area (Å²) in [7, 11) is 0. The Balaban J connectivity index is 1.71. The van der Waals surface area contributed by atoms with Crippen molar-refractivity contribution in [3.8, 4) is 0 Å². The van der Waals surface area contributed by atoms with Gasteiger partial charge in [-0.3, -0.25) is 0 Å². The Kier molecular flexibility index (Phi) is 3.08. The molecule has 0 saturated carbocycles. The summed E-state index contributed by atoms with van der Waals surface area (Å²) in [6.45, 7) is 4.18. The van der Waals surface area contributed by atoms with Gasteiger partial charge in [0.15, 0.2) is 0 Å². The quantitative estimate of drug-likeness (QED) is 0.742. The Bertz CT molecular complexity index is 943. The first-order valence-corrected chi connectivity index (χ1v) is 9.18. The lowest BCUT2D eigenvalue weighted by Gasteiger charge is -2.50. The molecule has 3 aromatic rings. The highest BCUT2D eigenvalue weighted by Gasteiger charge is 2.52. The summed E-state index contributed by atoms with van der Waals surface area (Å²) >= 11 is 0. The van der Waals surface area contributed by atoms with Gasteiger partial charge in [-0.25, -0.2) is 0 Å². The fraction of sp³-hybridized carbons (Fsp3) is 0.250. The van der Waals surface area contributed by atoms with Gasteiger partial charge in [-0.05, 0) is 58.4 Å². The number of benzene rings is 3. The SMILES string of the molecule is Cc1c2c(c(C)c3c1C[C@@]3(O)c1ccccc1)[C@](O)(c1ccccc1)C2. The molecule has 2 nitrogen and oxygen atoms in total. The number of rotatable bonds is 2. The molecule has 26 heavy (non-hydrogen) atoms. The molecule has 0 spiro atoms. The molecule has 3 aromatic carbocycles. The third-order valence-corrected chi connectivity index (χ3v) is 6.45. The van der Waals surface area contributed by atoms with Crippen molar-refractivity contribution in [1.82, 2.24) is 0 Å². The molecule has 0 amide bonds. The molecule has 0 saturated heterocycles. The molecule has 0 bridgehead atoms. The molecule has 0 radical (unpaired) electrons. The zero-order valence-corrected chi connectivity index (χ0v) is 15.1. The summed E-state index contributed by atoms with van der Waals surface area (Å²) in [4.78, 5) is 0. The number of aliphatic hydroxyl groups is 2. The Morgan fingerprint density at radius 3 is 1.38 bits per heavy atom. The van der Waals surface area contributed by atoms with Gasteiger partial charge in [0.05, 0.1) is 0 Å².